The van der Waals surface area contributed by atoms with Crippen LogP contribution in [0.5, 0.6) is 0 Å². The predicted molar refractivity (Wildman–Crippen MR) is 48.5 cm³/mol. The Labute approximate surface area is 79.0 Å². The molecule has 4 atom stereocenters. The summed E-state index contributed by atoms with van der Waals surface area (Å²) in [7, 11) is 0. The molecule has 0 saturated carbocycles. The van der Waals surface area contributed by atoms with E-state index in [1.54, 1.807) is 0 Å². The summed E-state index contributed by atoms with van der Waals surface area (Å²) in [4.78, 5) is 0. The van der Waals surface area contributed by atoms with Gasteiger partial charge in [-0.1, -0.05) is 6.92 Å². The van der Waals surface area contributed by atoms with Crippen LogP contribution in [0.4, 0.5) is 0 Å². The lowest BCUT2D eigenvalue weighted by Gasteiger charge is -2.41. The van der Waals surface area contributed by atoms with Crippen LogP contribution in [0.15, 0.2) is 0 Å². The molecule has 13 heavy (non-hydrogen) atoms. The van der Waals surface area contributed by atoms with Gasteiger partial charge in [0.25, 0.3) is 0 Å². The Kier molecular flexibility index (Phi) is 2.86. The van der Waals surface area contributed by atoms with Crippen molar-refractivity contribution in [1.29, 1.82) is 0 Å². The molecule has 1 N–H and O–H groups in total. The van der Waals surface area contributed by atoms with Gasteiger partial charge in [0.05, 0.1) is 24.4 Å². The molecule has 0 aromatic carbocycles. The van der Waals surface area contributed by atoms with E-state index in [9.17, 15) is 5.11 Å². The monoisotopic (exact) mass is 186 g/mol. The maximum Gasteiger partial charge on any atom is 0.0862 e. The van der Waals surface area contributed by atoms with Crippen molar-refractivity contribution >= 4 is 0 Å². The second-order valence-electron chi connectivity index (χ2n) is 3.98. The quantitative estimate of drug-likeness (QED) is 0.666. The molecule has 2 saturated heterocycles. The lowest BCUT2D eigenvalue weighted by atomic mass is 9.93. The highest BCUT2D eigenvalue weighted by Crippen LogP contribution is 2.29. The standard InChI is InChI=1S/C10H18O3/c1-2-8-7(11)6-10-9(13-8)4-3-5-12-10/h7-11H,2-6H2,1H3/t7-,8-,9+,10-/m0/s1. The highest BCUT2D eigenvalue weighted by atomic mass is 16.6. The van der Waals surface area contributed by atoms with Crippen LogP contribution in [0.25, 0.3) is 0 Å². The molecule has 2 aliphatic heterocycles. The highest BCUT2D eigenvalue weighted by Gasteiger charge is 2.38. The fourth-order valence-electron chi connectivity index (χ4n) is 2.26. The maximum absolute atomic E-state index is 9.70. The number of ether oxygens (including phenoxy) is 2. The van der Waals surface area contributed by atoms with E-state index in [1.807, 2.05) is 0 Å². The zero-order valence-corrected chi connectivity index (χ0v) is 8.11. The van der Waals surface area contributed by atoms with Crippen molar-refractivity contribution < 1.29 is 14.6 Å². The van der Waals surface area contributed by atoms with Gasteiger partial charge >= 0.3 is 0 Å². The maximum atomic E-state index is 9.70. The third kappa shape index (κ3) is 1.87. The molecule has 3 nitrogen and oxygen atoms in total. The van der Waals surface area contributed by atoms with E-state index in [0.717, 1.165) is 32.3 Å². The summed E-state index contributed by atoms with van der Waals surface area (Å²) in [6.07, 6.45) is 3.91. The summed E-state index contributed by atoms with van der Waals surface area (Å²) in [5, 5.41) is 9.70. The van der Waals surface area contributed by atoms with Gasteiger partial charge in [0.2, 0.25) is 0 Å². The SMILES string of the molecule is CC[C@@H]1O[C@@H]2CCCO[C@H]2C[C@@H]1O. The van der Waals surface area contributed by atoms with Crippen LogP contribution in [-0.4, -0.2) is 36.1 Å². The Morgan fingerprint density at radius 1 is 1.38 bits per heavy atom. The fourth-order valence-corrected chi connectivity index (χ4v) is 2.26. The molecule has 2 aliphatic rings. The second kappa shape index (κ2) is 3.95. The number of rotatable bonds is 1. The van der Waals surface area contributed by atoms with Crippen LogP contribution in [0, 0.1) is 0 Å². The summed E-state index contributed by atoms with van der Waals surface area (Å²) in [6, 6.07) is 0. The molecule has 3 heteroatoms. The first-order chi connectivity index (χ1) is 6.31. The van der Waals surface area contributed by atoms with E-state index in [1.165, 1.54) is 0 Å². The summed E-state index contributed by atoms with van der Waals surface area (Å²) < 4.78 is 11.3. The molecule has 0 aromatic heterocycles. The molecule has 0 amide bonds. The van der Waals surface area contributed by atoms with Gasteiger partial charge in [-0.2, -0.15) is 0 Å². The van der Waals surface area contributed by atoms with Crippen molar-refractivity contribution in [1.82, 2.24) is 0 Å². The molecule has 2 heterocycles. The van der Waals surface area contributed by atoms with E-state index >= 15 is 0 Å². The third-order valence-corrected chi connectivity index (χ3v) is 3.03. The highest BCUT2D eigenvalue weighted by molar-refractivity contribution is 4.86. The van der Waals surface area contributed by atoms with Crippen LogP contribution in [0.2, 0.25) is 0 Å². The minimum atomic E-state index is -0.329. The van der Waals surface area contributed by atoms with Crippen molar-refractivity contribution in [3.8, 4) is 0 Å². The van der Waals surface area contributed by atoms with Gasteiger partial charge < -0.3 is 14.6 Å². The molecule has 0 aromatic rings. The largest absolute Gasteiger partial charge is 0.390 e. The summed E-state index contributed by atoms with van der Waals surface area (Å²) in [6.45, 7) is 2.88. The van der Waals surface area contributed by atoms with Gasteiger partial charge in [0.1, 0.15) is 0 Å². The predicted octanol–water partition coefficient (Wildman–Crippen LogP) is 1.09. The van der Waals surface area contributed by atoms with Crippen molar-refractivity contribution in [2.45, 2.75) is 57.0 Å². The van der Waals surface area contributed by atoms with Gasteiger partial charge in [-0.15, -0.1) is 0 Å². The van der Waals surface area contributed by atoms with Crippen molar-refractivity contribution in [3.05, 3.63) is 0 Å². The summed E-state index contributed by atoms with van der Waals surface area (Å²) >= 11 is 0. The van der Waals surface area contributed by atoms with E-state index in [0.29, 0.717) is 0 Å². The van der Waals surface area contributed by atoms with E-state index < -0.39 is 0 Å². The smallest absolute Gasteiger partial charge is 0.0862 e. The first kappa shape index (κ1) is 9.44. The van der Waals surface area contributed by atoms with Crippen LogP contribution in [0.1, 0.15) is 32.6 Å². The lowest BCUT2D eigenvalue weighted by Crippen LogP contribution is -2.49. The van der Waals surface area contributed by atoms with Crippen LogP contribution >= 0.6 is 0 Å². The Morgan fingerprint density at radius 3 is 3.00 bits per heavy atom. The molecule has 0 spiro atoms. The second-order valence-corrected chi connectivity index (χ2v) is 3.98. The van der Waals surface area contributed by atoms with Crippen molar-refractivity contribution in [3.63, 3.8) is 0 Å². The van der Waals surface area contributed by atoms with E-state index in [-0.39, 0.29) is 24.4 Å². The number of aliphatic hydroxyl groups excluding tert-OH is 1. The number of hydrogen-bond donors (Lipinski definition) is 1. The van der Waals surface area contributed by atoms with Crippen molar-refractivity contribution in [2.24, 2.45) is 0 Å². The molecule has 2 rings (SSSR count). The van der Waals surface area contributed by atoms with Gasteiger partial charge in [-0.25, -0.2) is 0 Å². The molecule has 76 valence electrons. The fraction of sp³-hybridized carbons (Fsp3) is 1.00. The Bertz CT molecular complexity index is 172. The Balaban J connectivity index is 1.97. The Hall–Kier alpha value is -0.120. The topological polar surface area (TPSA) is 38.7 Å². The minimum Gasteiger partial charge on any atom is -0.390 e. The summed E-state index contributed by atoms with van der Waals surface area (Å²) in [5.41, 5.74) is 0. The van der Waals surface area contributed by atoms with E-state index in [2.05, 4.69) is 6.92 Å². The van der Waals surface area contributed by atoms with Gasteiger partial charge in [-0.3, -0.25) is 0 Å². The first-order valence-electron chi connectivity index (χ1n) is 5.26. The zero-order valence-electron chi connectivity index (χ0n) is 8.11. The molecule has 0 bridgehead atoms. The van der Waals surface area contributed by atoms with Crippen LogP contribution < -0.4 is 0 Å². The molecule has 0 aliphatic carbocycles. The number of aliphatic hydroxyl groups is 1. The van der Waals surface area contributed by atoms with Gasteiger partial charge in [-0.05, 0) is 19.3 Å². The van der Waals surface area contributed by atoms with Crippen LogP contribution in [-0.2, 0) is 9.47 Å². The first-order valence-corrected chi connectivity index (χ1v) is 5.26. The molecular formula is C10H18O3. The molecule has 2 fully saturated rings. The lowest BCUT2D eigenvalue weighted by molar-refractivity contribution is -0.201. The number of fused-ring (bicyclic) bond motifs is 1. The van der Waals surface area contributed by atoms with E-state index in [4.69, 9.17) is 9.47 Å². The molecular weight excluding hydrogens is 168 g/mol. The number of hydrogen-bond acceptors (Lipinski definition) is 3. The van der Waals surface area contributed by atoms with Gasteiger partial charge in [0, 0.05) is 13.0 Å². The molecule has 0 unspecified atom stereocenters. The average Bonchev–Trinajstić information content (AvgIpc) is 2.17. The van der Waals surface area contributed by atoms with Gasteiger partial charge in [0.15, 0.2) is 0 Å². The Morgan fingerprint density at radius 2 is 2.23 bits per heavy atom. The summed E-state index contributed by atoms with van der Waals surface area (Å²) in [5.74, 6) is 0. The van der Waals surface area contributed by atoms with Crippen LogP contribution in [0.3, 0.4) is 0 Å². The normalized spacial score (nSPS) is 45.7. The van der Waals surface area contributed by atoms with Crippen molar-refractivity contribution in [2.75, 3.05) is 6.61 Å². The molecule has 0 radical (unpaired) electrons. The minimum absolute atomic E-state index is 0.0305. The zero-order chi connectivity index (χ0) is 9.26. The average molecular weight is 186 g/mol. The third-order valence-electron chi connectivity index (χ3n) is 3.03.